The Labute approximate surface area is 368 Å². The highest BCUT2D eigenvalue weighted by atomic mass is 16.6. The first-order valence-corrected chi connectivity index (χ1v) is 26.4. The summed E-state index contributed by atoms with van der Waals surface area (Å²) in [5.41, 5.74) is 0. The highest BCUT2D eigenvalue weighted by Gasteiger charge is 2.19. The predicted molar refractivity (Wildman–Crippen MR) is 252 cm³/mol. The molecule has 6 nitrogen and oxygen atoms in total. The Kier molecular flexibility index (Phi) is 46.2. The van der Waals surface area contributed by atoms with Gasteiger partial charge >= 0.3 is 17.9 Å². The van der Waals surface area contributed by atoms with Gasteiger partial charge in [-0.1, -0.05) is 259 Å². The van der Waals surface area contributed by atoms with Crippen molar-refractivity contribution in [2.24, 2.45) is 5.92 Å². The van der Waals surface area contributed by atoms with Crippen molar-refractivity contribution in [3.8, 4) is 0 Å². The number of carbonyl (C=O) groups is 3. The molecular formula is C53H102O6. The third-order valence-corrected chi connectivity index (χ3v) is 12.0. The standard InChI is InChI=1S/C53H102O6/c1-5-7-9-11-13-15-17-19-20-21-22-23-25-27-29-33-38-42-46-53(56)59-50(48-58-52(55)45-41-37-34-30-31-35-39-43-49(3)4)47-57-51(54)44-40-36-32-28-26-24-18-16-14-12-10-8-6-2/h49-50H,5-48H2,1-4H3/t50-/m0/s1. The number of hydrogen-bond donors (Lipinski definition) is 0. The van der Waals surface area contributed by atoms with Gasteiger partial charge in [-0.3, -0.25) is 14.4 Å². The average Bonchev–Trinajstić information content (AvgIpc) is 3.22. The molecule has 6 heteroatoms. The quantitative estimate of drug-likeness (QED) is 0.0345. The molecule has 0 unspecified atom stereocenters. The molecule has 0 spiro atoms. The second kappa shape index (κ2) is 47.5. The number of unbranched alkanes of at least 4 members (excludes halogenated alkanes) is 35. The second-order valence-electron chi connectivity index (χ2n) is 18.6. The maximum atomic E-state index is 12.8. The molecule has 0 fully saturated rings. The van der Waals surface area contributed by atoms with Gasteiger partial charge in [0.25, 0.3) is 0 Å². The van der Waals surface area contributed by atoms with E-state index in [4.69, 9.17) is 14.2 Å². The molecule has 0 radical (unpaired) electrons. The highest BCUT2D eigenvalue weighted by molar-refractivity contribution is 5.71. The van der Waals surface area contributed by atoms with Gasteiger partial charge in [0.15, 0.2) is 6.10 Å². The van der Waals surface area contributed by atoms with Crippen LogP contribution in [0.1, 0.15) is 297 Å². The van der Waals surface area contributed by atoms with E-state index in [-0.39, 0.29) is 31.1 Å². The third-order valence-electron chi connectivity index (χ3n) is 12.0. The molecule has 0 saturated heterocycles. The van der Waals surface area contributed by atoms with Gasteiger partial charge in [0.2, 0.25) is 0 Å². The molecule has 0 bridgehead atoms. The highest BCUT2D eigenvalue weighted by Crippen LogP contribution is 2.17. The fourth-order valence-corrected chi connectivity index (χ4v) is 8.04. The molecule has 0 aliphatic carbocycles. The van der Waals surface area contributed by atoms with Crippen LogP contribution in [-0.2, 0) is 28.6 Å². The summed E-state index contributed by atoms with van der Waals surface area (Å²) >= 11 is 0. The molecule has 0 heterocycles. The summed E-state index contributed by atoms with van der Waals surface area (Å²) in [5.74, 6) is -0.0649. The zero-order chi connectivity index (χ0) is 43.1. The van der Waals surface area contributed by atoms with Crippen molar-refractivity contribution < 1.29 is 28.6 Å². The number of carbonyl (C=O) groups excluding carboxylic acids is 3. The SMILES string of the molecule is CCCCCCCCCCCCCCCCCCCCC(=O)O[C@@H](COC(=O)CCCCCCCCCCCCCCC)COC(=O)CCCCCCCCCC(C)C. The van der Waals surface area contributed by atoms with Crippen molar-refractivity contribution in [2.75, 3.05) is 13.2 Å². The molecule has 0 aromatic carbocycles. The first kappa shape index (κ1) is 57.4. The zero-order valence-corrected chi connectivity index (χ0v) is 40.2. The van der Waals surface area contributed by atoms with Gasteiger partial charge in [-0.15, -0.1) is 0 Å². The lowest BCUT2D eigenvalue weighted by Crippen LogP contribution is -2.30. The van der Waals surface area contributed by atoms with Gasteiger partial charge in [-0.25, -0.2) is 0 Å². The van der Waals surface area contributed by atoms with Crippen molar-refractivity contribution in [3.05, 3.63) is 0 Å². The largest absolute Gasteiger partial charge is 0.462 e. The molecule has 350 valence electrons. The molecule has 0 N–H and O–H groups in total. The van der Waals surface area contributed by atoms with Gasteiger partial charge in [0, 0.05) is 19.3 Å². The maximum absolute atomic E-state index is 12.8. The van der Waals surface area contributed by atoms with Crippen molar-refractivity contribution in [1.82, 2.24) is 0 Å². The van der Waals surface area contributed by atoms with Crippen LogP contribution in [0.3, 0.4) is 0 Å². The Balaban J connectivity index is 4.26. The van der Waals surface area contributed by atoms with E-state index < -0.39 is 6.10 Å². The van der Waals surface area contributed by atoms with Crippen molar-refractivity contribution in [3.63, 3.8) is 0 Å². The number of esters is 3. The van der Waals surface area contributed by atoms with Crippen LogP contribution in [0.5, 0.6) is 0 Å². The van der Waals surface area contributed by atoms with Crippen LogP contribution in [0.15, 0.2) is 0 Å². The van der Waals surface area contributed by atoms with Crippen LogP contribution in [-0.4, -0.2) is 37.2 Å². The predicted octanol–water partition coefficient (Wildman–Crippen LogP) is 17.1. The first-order chi connectivity index (χ1) is 28.9. The van der Waals surface area contributed by atoms with Gasteiger partial charge in [0.1, 0.15) is 13.2 Å². The summed E-state index contributed by atoms with van der Waals surface area (Å²) in [6.45, 7) is 8.98. The van der Waals surface area contributed by atoms with E-state index in [1.54, 1.807) is 0 Å². The molecule has 0 saturated carbocycles. The lowest BCUT2D eigenvalue weighted by molar-refractivity contribution is -0.167. The number of hydrogen-bond acceptors (Lipinski definition) is 6. The van der Waals surface area contributed by atoms with Crippen molar-refractivity contribution in [1.29, 1.82) is 0 Å². The van der Waals surface area contributed by atoms with E-state index in [2.05, 4.69) is 27.7 Å². The lowest BCUT2D eigenvalue weighted by Gasteiger charge is -2.18. The van der Waals surface area contributed by atoms with E-state index in [1.807, 2.05) is 0 Å². The molecule has 0 aromatic heterocycles. The molecule has 1 atom stereocenters. The van der Waals surface area contributed by atoms with Crippen molar-refractivity contribution >= 4 is 17.9 Å². The van der Waals surface area contributed by atoms with E-state index in [0.717, 1.165) is 63.7 Å². The molecule has 0 aliphatic rings. The van der Waals surface area contributed by atoms with Crippen molar-refractivity contribution in [2.45, 2.75) is 303 Å². The summed E-state index contributed by atoms with van der Waals surface area (Å²) < 4.78 is 16.8. The van der Waals surface area contributed by atoms with Crippen LogP contribution in [0.2, 0.25) is 0 Å². The molecule has 0 aromatic rings. The van der Waals surface area contributed by atoms with Crippen LogP contribution in [0.25, 0.3) is 0 Å². The topological polar surface area (TPSA) is 78.9 Å². The number of rotatable bonds is 48. The molecule has 0 amide bonds. The van der Waals surface area contributed by atoms with Crippen LogP contribution in [0.4, 0.5) is 0 Å². The van der Waals surface area contributed by atoms with E-state index in [1.165, 1.54) is 193 Å². The Hall–Kier alpha value is -1.59. The minimum absolute atomic E-state index is 0.0633. The normalized spacial score (nSPS) is 11.9. The van der Waals surface area contributed by atoms with E-state index >= 15 is 0 Å². The molecule has 0 aliphatic heterocycles. The van der Waals surface area contributed by atoms with Gasteiger partial charge in [0.05, 0.1) is 0 Å². The third kappa shape index (κ3) is 47.3. The van der Waals surface area contributed by atoms with Crippen LogP contribution >= 0.6 is 0 Å². The van der Waals surface area contributed by atoms with Gasteiger partial charge in [-0.05, 0) is 25.2 Å². The Morgan fingerprint density at radius 2 is 0.559 bits per heavy atom. The van der Waals surface area contributed by atoms with Gasteiger partial charge < -0.3 is 14.2 Å². The fourth-order valence-electron chi connectivity index (χ4n) is 8.04. The average molecular weight is 835 g/mol. The van der Waals surface area contributed by atoms with Crippen LogP contribution in [0, 0.1) is 5.92 Å². The summed E-state index contributed by atoms with van der Waals surface area (Å²) in [5, 5.41) is 0. The maximum Gasteiger partial charge on any atom is 0.306 e. The summed E-state index contributed by atoms with van der Waals surface area (Å²) in [7, 11) is 0. The number of ether oxygens (including phenoxy) is 3. The smallest absolute Gasteiger partial charge is 0.306 e. The lowest BCUT2D eigenvalue weighted by atomic mass is 10.0. The summed E-state index contributed by atoms with van der Waals surface area (Å²) in [6.07, 6.45) is 49.5. The first-order valence-electron chi connectivity index (χ1n) is 26.4. The monoisotopic (exact) mass is 835 g/mol. The summed E-state index contributed by atoms with van der Waals surface area (Å²) in [6, 6.07) is 0. The summed E-state index contributed by atoms with van der Waals surface area (Å²) in [4.78, 5) is 37.9. The Morgan fingerprint density at radius 3 is 0.831 bits per heavy atom. The minimum Gasteiger partial charge on any atom is -0.462 e. The Bertz CT molecular complexity index is 887. The Morgan fingerprint density at radius 1 is 0.322 bits per heavy atom. The fraction of sp³-hybridized carbons (Fsp3) is 0.943. The molecule has 0 rings (SSSR count). The van der Waals surface area contributed by atoms with Gasteiger partial charge in [-0.2, -0.15) is 0 Å². The van der Waals surface area contributed by atoms with Crippen LogP contribution < -0.4 is 0 Å². The van der Waals surface area contributed by atoms with E-state index in [9.17, 15) is 14.4 Å². The molecule has 59 heavy (non-hydrogen) atoms. The zero-order valence-electron chi connectivity index (χ0n) is 40.2. The van der Waals surface area contributed by atoms with E-state index in [0.29, 0.717) is 19.3 Å². The second-order valence-corrected chi connectivity index (χ2v) is 18.6. The minimum atomic E-state index is -0.761. The molecular weight excluding hydrogens is 733 g/mol.